The Balaban J connectivity index is 1.87. The molecule has 0 amide bonds. The summed E-state index contributed by atoms with van der Waals surface area (Å²) in [7, 11) is 0. The molecule has 0 radical (unpaired) electrons. The lowest BCUT2D eigenvalue weighted by molar-refractivity contribution is -0.384. The molecule has 1 unspecified atom stereocenters. The van der Waals surface area contributed by atoms with E-state index in [1.165, 1.54) is 13.0 Å². The number of carbonyl (C=O) groups excluding carboxylic acids is 1. The Labute approximate surface area is 138 Å². The van der Waals surface area contributed by atoms with E-state index in [9.17, 15) is 14.9 Å². The number of nitrogens with zero attached hydrogens (tertiary/aromatic N) is 1. The van der Waals surface area contributed by atoms with Crippen molar-refractivity contribution in [2.75, 3.05) is 12.1 Å². The maximum atomic E-state index is 11.4. The van der Waals surface area contributed by atoms with Crippen molar-refractivity contribution in [1.29, 1.82) is 0 Å². The van der Waals surface area contributed by atoms with Crippen LogP contribution < -0.4 is 14.8 Å². The zero-order chi connectivity index (χ0) is 17.3. The van der Waals surface area contributed by atoms with Crippen LogP contribution in [0.15, 0.2) is 36.4 Å². The molecule has 1 aliphatic rings. The highest BCUT2D eigenvalue weighted by molar-refractivity contribution is 5.95. The number of rotatable bonds is 5. The zero-order valence-corrected chi connectivity index (χ0v) is 13.2. The number of ketones is 1. The lowest BCUT2D eigenvalue weighted by Gasteiger charge is -2.16. The number of benzene rings is 2. The molecule has 0 aliphatic carbocycles. The Morgan fingerprint density at radius 1 is 1.21 bits per heavy atom. The Kier molecular flexibility index (Phi) is 4.07. The standard InChI is InChI=1S/C17H16N2O5/c1-10(12-4-6-16-17(8-12)24-9-23-16)18-14-5-3-13(11(2)20)7-15(14)19(21)22/h3-8,10,18H,9H2,1-2H3. The predicted octanol–water partition coefficient (Wildman–Crippen LogP) is 3.70. The molecule has 0 aromatic heterocycles. The molecule has 24 heavy (non-hydrogen) atoms. The molecule has 0 saturated carbocycles. The van der Waals surface area contributed by atoms with E-state index in [4.69, 9.17) is 9.47 Å². The molecule has 2 aromatic rings. The van der Waals surface area contributed by atoms with Crippen molar-refractivity contribution in [3.63, 3.8) is 0 Å². The van der Waals surface area contributed by atoms with Crippen LogP contribution in [0.25, 0.3) is 0 Å². The second-order valence-electron chi connectivity index (χ2n) is 5.52. The Bertz CT molecular complexity index is 819. The third-order valence-electron chi connectivity index (χ3n) is 3.87. The zero-order valence-electron chi connectivity index (χ0n) is 13.2. The lowest BCUT2D eigenvalue weighted by atomic mass is 10.1. The fourth-order valence-electron chi connectivity index (χ4n) is 2.52. The number of ether oxygens (including phenoxy) is 2. The van der Waals surface area contributed by atoms with Gasteiger partial charge < -0.3 is 14.8 Å². The number of Topliss-reactive ketones (excluding diaryl/α,β-unsaturated/α-hetero) is 1. The van der Waals surface area contributed by atoms with Gasteiger partial charge in [0.1, 0.15) is 5.69 Å². The number of nitrogens with one attached hydrogen (secondary N) is 1. The molecule has 1 atom stereocenters. The molecule has 0 spiro atoms. The number of hydrogen-bond acceptors (Lipinski definition) is 6. The fourth-order valence-corrected chi connectivity index (χ4v) is 2.52. The second kappa shape index (κ2) is 6.19. The van der Waals surface area contributed by atoms with Crippen LogP contribution in [0.5, 0.6) is 11.5 Å². The molecule has 2 aromatic carbocycles. The Hall–Kier alpha value is -3.09. The quantitative estimate of drug-likeness (QED) is 0.511. The topological polar surface area (TPSA) is 90.7 Å². The van der Waals surface area contributed by atoms with E-state index in [1.807, 2.05) is 25.1 Å². The number of hydrogen-bond donors (Lipinski definition) is 1. The van der Waals surface area contributed by atoms with Crippen LogP contribution in [0.4, 0.5) is 11.4 Å². The summed E-state index contributed by atoms with van der Waals surface area (Å²) in [4.78, 5) is 22.2. The summed E-state index contributed by atoms with van der Waals surface area (Å²) in [5.74, 6) is 1.12. The Morgan fingerprint density at radius 3 is 2.67 bits per heavy atom. The minimum absolute atomic E-state index is 0.129. The van der Waals surface area contributed by atoms with Crippen LogP contribution in [0.2, 0.25) is 0 Å². The van der Waals surface area contributed by atoms with Crippen LogP contribution in [0.3, 0.4) is 0 Å². The molecule has 1 N–H and O–H groups in total. The van der Waals surface area contributed by atoms with Crippen molar-refractivity contribution in [1.82, 2.24) is 0 Å². The molecule has 7 heteroatoms. The van der Waals surface area contributed by atoms with Crippen LogP contribution in [0, 0.1) is 10.1 Å². The summed E-state index contributed by atoms with van der Waals surface area (Å²) in [6.45, 7) is 3.46. The maximum absolute atomic E-state index is 11.4. The van der Waals surface area contributed by atoms with E-state index in [0.29, 0.717) is 22.7 Å². The molecule has 3 rings (SSSR count). The first-order valence-corrected chi connectivity index (χ1v) is 7.41. The molecule has 7 nitrogen and oxygen atoms in total. The van der Waals surface area contributed by atoms with Gasteiger partial charge in [-0.25, -0.2) is 0 Å². The third-order valence-corrected chi connectivity index (χ3v) is 3.87. The highest BCUT2D eigenvalue weighted by atomic mass is 16.7. The van der Waals surface area contributed by atoms with Gasteiger partial charge in [-0.1, -0.05) is 6.07 Å². The van der Waals surface area contributed by atoms with Gasteiger partial charge in [0.05, 0.1) is 4.92 Å². The molecular weight excluding hydrogens is 312 g/mol. The smallest absolute Gasteiger partial charge is 0.293 e. The largest absolute Gasteiger partial charge is 0.454 e. The third kappa shape index (κ3) is 3.01. The van der Waals surface area contributed by atoms with Gasteiger partial charge in [-0.3, -0.25) is 14.9 Å². The molecular formula is C17H16N2O5. The van der Waals surface area contributed by atoms with Gasteiger partial charge in [-0.2, -0.15) is 0 Å². The molecule has 0 bridgehead atoms. The van der Waals surface area contributed by atoms with Crippen molar-refractivity contribution >= 4 is 17.2 Å². The number of fused-ring (bicyclic) bond motifs is 1. The van der Waals surface area contributed by atoms with Gasteiger partial charge in [-0.15, -0.1) is 0 Å². The van der Waals surface area contributed by atoms with E-state index < -0.39 is 4.92 Å². The van der Waals surface area contributed by atoms with Gasteiger partial charge in [-0.05, 0) is 43.7 Å². The maximum Gasteiger partial charge on any atom is 0.293 e. The van der Waals surface area contributed by atoms with E-state index in [2.05, 4.69) is 5.32 Å². The van der Waals surface area contributed by atoms with Gasteiger partial charge in [0.25, 0.3) is 5.69 Å². The van der Waals surface area contributed by atoms with E-state index in [0.717, 1.165) is 5.56 Å². The number of anilines is 1. The molecule has 0 fully saturated rings. The number of nitro groups is 1. The van der Waals surface area contributed by atoms with Gasteiger partial charge in [0.2, 0.25) is 6.79 Å². The van der Waals surface area contributed by atoms with E-state index in [1.54, 1.807) is 12.1 Å². The van der Waals surface area contributed by atoms with Crippen molar-refractivity contribution in [2.45, 2.75) is 19.9 Å². The number of carbonyl (C=O) groups is 1. The van der Waals surface area contributed by atoms with Gasteiger partial charge in [0.15, 0.2) is 17.3 Å². The summed E-state index contributed by atoms with van der Waals surface area (Å²) < 4.78 is 10.6. The summed E-state index contributed by atoms with van der Waals surface area (Å²) in [5.41, 5.74) is 1.44. The first-order valence-electron chi connectivity index (χ1n) is 7.41. The van der Waals surface area contributed by atoms with Crippen LogP contribution >= 0.6 is 0 Å². The number of nitro benzene ring substituents is 1. The molecule has 0 saturated heterocycles. The van der Waals surface area contributed by atoms with Gasteiger partial charge >= 0.3 is 0 Å². The molecule has 1 heterocycles. The monoisotopic (exact) mass is 328 g/mol. The summed E-state index contributed by atoms with van der Waals surface area (Å²) in [5, 5.41) is 14.4. The van der Waals surface area contributed by atoms with Crippen molar-refractivity contribution in [2.24, 2.45) is 0 Å². The molecule has 1 aliphatic heterocycles. The van der Waals surface area contributed by atoms with Crippen LogP contribution in [0.1, 0.15) is 35.8 Å². The fraction of sp³-hybridized carbons (Fsp3) is 0.235. The average Bonchev–Trinajstić information content (AvgIpc) is 3.02. The van der Waals surface area contributed by atoms with Crippen molar-refractivity contribution < 1.29 is 19.2 Å². The Morgan fingerprint density at radius 2 is 1.96 bits per heavy atom. The summed E-state index contributed by atoms with van der Waals surface area (Å²) in [6, 6.07) is 9.75. The summed E-state index contributed by atoms with van der Waals surface area (Å²) >= 11 is 0. The van der Waals surface area contributed by atoms with Crippen molar-refractivity contribution in [3.05, 3.63) is 57.6 Å². The van der Waals surface area contributed by atoms with Gasteiger partial charge in [0, 0.05) is 17.7 Å². The average molecular weight is 328 g/mol. The first-order chi connectivity index (χ1) is 11.5. The highest BCUT2D eigenvalue weighted by Crippen LogP contribution is 2.36. The normalized spacial score (nSPS) is 13.4. The lowest BCUT2D eigenvalue weighted by Crippen LogP contribution is -2.09. The second-order valence-corrected chi connectivity index (χ2v) is 5.52. The predicted molar refractivity (Wildman–Crippen MR) is 87.7 cm³/mol. The highest BCUT2D eigenvalue weighted by Gasteiger charge is 2.20. The molecule has 124 valence electrons. The summed E-state index contributed by atoms with van der Waals surface area (Å²) in [6.07, 6.45) is 0. The minimum atomic E-state index is -0.499. The van der Waals surface area contributed by atoms with E-state index in [-0.39, 0.29) is 24.3 Å². The van der Waals surface area contributed by atoms with E-state index >= 15 is 0 Å². The minimum Gasteiger partial charge on any atom is -0.454 e. The first kappa shape index (κ1) is 15.8. The SMILES string of the molecule is CC(=O)c1ccc(NC(C)c2ccc3c(c2)OCO3)c([N+](=O)[O-])c1. The van der Waals surface area contributed by atoms with Crippen molar-refractivity contribution in [3.8, 4) is 11.5 Å². The van der Waals surface area contributed by atoms with Crippen LogP contribution in [-0.2, 0) is 0 Å². The van der Waals surface area contributed by atoms with Crippen LogP contribution in [-0.4, -0.2) is 17.5 Å².